The molecule has 1 N–H and O–H groups in total. The zero-order chi connectivity index (χ0) is 12.6. The minimum atomic E-state index is -0.276. The molecule has 1 unspecified atom stereocenters. The molecule has 0 aliphatic carbocycles. The molecule has 0 fully saturated rings. The van der Waals surface area contributed by atoms with Crippen molar-refractivity contribution < 1.29 is 9.53 Å². The lowest BCUT2D eigenvalue weighted by Crippen LogP contribution is -2.36. The van der Waals surface area contributed by atoms with Gasteiger partial charge < -0.3 is 10.1 Å². The van der Waals surface area contributed by atoms with Crippen molar-refractivity contribution in [1.82, 2.24) is 0 Å². The minimum absolute atomic E-state index is 0.120. The van der Waals surface area contributed by atoms with Gasteiger partial charge in [-0.1, -0.05) is 6.92 Å². The van der Waals surface area contributed by atoms with E-state index < -0.39 is 0 Å². The van der Waals surface area contributed by atoms with E-state index >= 15 is 0 Å². The number of carbonyl (C=O) groups is 1. The van der Waals surface area contributed by atoms with Gasteiger partial charge in [-0.15, -0.1) is 0 Å². The predicted octanol–water partition coefficient (Wildman–Crippen LogP) is 3.31. The standard InChI is InChI=1S/C14H19NO2/c1-9-8-14(3,4)15-13-6-5-11(7-12(9)13)17-10(2)16/h5-7,9,15H,8H2,1-4H3. The molecule has 0 saturated heterocycles. The summed E-state index contributed by atoms with van der Waals surface area (Å²) in [5, 5.41) is 3.51. The molecule has 0 spiro atoms. The lowest BCUT2D eigenvalue weighted by atomic mass is 9.82. The maximum absolute atomic E-state index is 10.9. The Labute approximate surface area is 102 Å². The monoisotopic (exact) mass is 233 g/mol. The van der Waals surface area contributed by atoms with E-state index in [-0.39, 0.29) is 11.5 Å². The predicted molar refractivity (Wildman–Crippen MR) is 68.5 cm³/mol. The Morgan fingerprint density at radius 1 is 1.47 bits per heavy atom. The van der Waals surface area contributed by atoms with Gasteiger partial charge in [0.25, 0.3) is 0 Å². The van der Waals surface area contributed by atoms with Gasteiger partial charge in [-0.2, -0.15) is 0 Å². The second kappa shape index (κ2) is 4.06. The Bertz CT molecular complexity index is 452. The van der Waals surface area contributed by atoms with E-state index in [1.165, 1.54) is 12.5 Å². The van der Waals surface area contributed by atoms with Gasteiger partial charge in [0.05, 0.1) is 0 Å². The number of hydrogen-bond acceptors (Lipinski definition) is 3. The molecule has 0 saturated carbocycles. The van der Waals surface area contributed by atoms with Crippen LogP contribution in [0.1, 0.15) is 45.6 Å². The molecular weight excluding hydrogens is 214 g/mol. The third-order valence-electron chi connectivity index (χ3n) is 3.11. The highest BCUT2D eigenvalue weighted by Crippen LogP contribution is 2.40. The van der Waals surface area contributed by atoms with E-state index in [0.717, 1.165) is 12.1 Å². The smallest absolute Gasteiger partial charge is 0.308 e. The van der Waals surface area contributed by atoms with E-state index in [1.54, 1.807) is 0 Å². The molecule has 1 atom stereocenters. The van der Waals surface area contributed by atoms with Crippen LogP contribution in [0.5, 0.6) is 5.75 Å². The van der Waals surface area contributed by atoms with Gasteiger partial charge in [0.1, 0.15) is 5.75 Å². The van der Waals surface area contributed by atoms with E-state index in [0.29, 0.717) is 11.7 Å². The second-order valence-corrected chi connectivity index (χ2v) is 5.46. The minimum Gasteiger partial charge on any atom is -0.427 e. The highest BCUT2D eigenvalue weighted by Gasteiger charge is 2.29. The van der Waals surface area contributed by atoms with Crippen molar-refractivity contribution in [2.45, 2.75) is 45.6 Å². The lowest BCUT2D eigenvalue weighted by Gasteiger charge is -2.37. The van der Waals surface area contributed by atoms with E-state index in [1.807, 2.05) is 18.2 Å². The van der Waals surface area contributed by atoms with Crippen molar-refractivity contribution >= 4 is 11.7 Å². The topological polar surface area (TPSA) is 38.3 Å². The molecule has 2 rings (SSSR count). The Hall–Kier alpha value is -1.51. The zero-order valence-corrected chi connectivity index (χ0v) is 10.8. The number of esters is 1. The van der Waals surface area contributed by atoms with Gasteiger partial charge >= 0.3 is 5.97 Å². The maximum atomic E-state index is 10.9. The average Bonchev–Trinajstić information content (AvgIpc) is 2.16. The number of benzene rings is 1. The van der Waals surface area contributed by atoms with Crippen molar-refractivity contribution in [3.63, 3.8) is 0 Å². The Morgan fingerprint density at radius 2 is 2.18 bits per heavy atom. The second-order valence-electron chi connectivity index (χ2n) is 5.46. The Kier molecular flexibility index (Phi) is 2.86. The molecule has 92 valence electrons. The third kappa shape index (κ3) is 2.60. The first-order chi connectivity index (χ1) is 7.87. The summed E-state index contributed by atoms with van der Waals surface area (Å²) in [4.78, 5) is 10.9. The summed E-state index contributed by atoms with van der Waals surface area (Å²) in [6.07, 6.45) is 1.07. The highest BCUT2D eigenvalue weighted by molar-refractivity contribution is 5.70. The summed E-state index contributed by atoms with van der Waals surface area (Å²) >= 11 is 0. The van der Waals surface area contributed by atoms with Crippen molar-refractivity contribution in [2.75, 3.05) is 5.32 Å². The molecule has 0 bridgehead atoms. The van der Waals surface area contributed by atoms with Crippen molar-refractivity contribution in [3.8, 4) is 5.75 Å². The summed E-state index contributed by atoms with van der Waals surface area (Å²) in [6.45, 7) is 8.03. The quantitative estimate of drug-likeness (QED) is 0.597. The van der Waals surface area contributed by atoms with Gasteiger partial charge in [0, 0.05) is 18.2 Å². The van der Waals surface area contributed by atoms with Crippen LogP contribution in [0.25, 0.3) is 0 Å². The molecule has 1 aromatic rings. The van der Waals surface area contributed by atoms with Gasteiger partial charge in [-0.25, -0.2) is 0 Å². The number of nitrogens with one attached hydrogen (secondary N) is 1. The molecule has 3 heteroatoms. The molecular formula is C14H19NO2. The fourth-order valence-electron chi connectivity index (χ4n) is 2.58. The molecule has 1 aromatic carbocycles. The summed E-state index contributed by atoms with van der Waals surface area (Å²) in [5.74, 6) is 0.822. The summed E-state index contributed by atoms with van der Waals surface area (Å²) < 4.78 is 5.11. The average molecular weight is 233 g/mol. The van der Waals surface area contributed by atoms with Gasteiger partial charge in [0.2, 0.25) is 0 Å². The number of fused-ring (bicyclic) bond motifs is 1. The third-order valence-corrected chi connectivity index (χ3v) is 3.11. The molecule has 17 heavy (non-hydrogen) atoms. The Morgan fingerprint density at radius 3 is 2.82 bits per heavy atom. The maximum Gasteiger partial charge on any atom is 0.308 e. The van der Waals surface area contributed by atoms with Crippen LogP contribution in [0.3, 0.4) is 0 Å². The van der Waals surface area contributed by atoms with Crippen LogP contribution in [0.2, 0.25) is 0 Å². The summed E-state index contributed by atoms with van der Waals surface area (Å²) in [6, 6.07) is 5.79. The van der Waals surface area contributed by atoms with Crippen LogP contribution in [-0.2, 0) is 4.79 Å². The van der Waals surface area contributed by atoms with E-state index in [2.05, 4.69) is 26.1 Å². The van der Waals surface area contributed by atoms with Crippen LogP contribution in [0.15, 0.2) is 18.2 Å². The van der Waals surface area contributed by atoms with Gasteiger partial charge in [-0.3, -0.25) is 4.79 Å². The zero-order valence-electron chi connectivity index (χ0n) is 10.8. The molecule has 1 aliphatic rings. The van der Waals surface area contributed by atoms with Crippen LogP contribution >= 0.6 is 0 Å². The molecule has 0 aromatic heterocycles. The van der Waals surface area contributed by atoms with Crippen molar-refractivity contribution in [1.29, 1.82) is 0 Å². The number of anilines is 1. The lowest BCUT2D eigenvalue weighted by molar-refractivity contribution is -0.131. The largest absolute Gasteiger partial charge is 0.427 e. The summed E-state index contributed by atoms with van der Waals surface area (Å²) in [7, 11) is 0. The first-order valence-corrected chi connectivity index (χ1v) is 5.98. The normalized spacial score (nSPS) is 21.3. The number of carbonyl (C=O) groups excluding carboxylic acids is 1. The molecule has 1 aliphatic heterocycles. The van der Waals surface area contributed by atoms with Crippen LogP contribution < -0.4 is 10.1 Å². The first-order valence-electron chi connectivity index (χ1n) is 5.98. The van der Waals surface area contributed by atoms with Gasteiger partial charge in [-0.05, 0) is 49.9 Å². The molecule has 1 heterocycles. The summed E-state index contributed by atoms with van der Waals surface area (Å²) in [5.41, 5.74) is 2.49. The number of hydrogen-bond donors (Lipinski definition) is 1. The van der Waals surface area contributed by atoms with E-state index in [4.69, 9.17) is 4.74 Å². The SMILES string of the molecule is CC(=O)Oc1ccc2c(c1)C(C)CC(C)(C)N2. The van der Waals surface area contributed by atoms with Gasteiger partial charge in [0.15, 0.2) is 0 Å². The fourth-order valence-corrected chi connectivity index (χ4v) is 2.58. The van der Waals surface area contributed by atoms with Crippen LogP contribution in [0.4, 0.5) is 5.69 Å². The molecule has 0 amide bonds. The van der Waals surface area contributed by atoms with Crippen LogP contribution in [-0.4, -0.2) is 11.5 Å². The molecule has 3 nitrogen and oxygen atoms in total. The Balaban J connectivity index is 2.33. The molecule has 0 radical (unpaired) electrons. The fraction of sp³-hybridized carbons (Fsp3) is 0.500. The first kappa shape index (κ1) is 12.0. The van der Waals surface area contributed by atoms with E-state index in [9.17, 15) is 4.79 Å². The number of ether oxygens (including phenoxy) is 1. The van der Waals surface area contributed by atoms with Crippen LogP contribution in [0, 0.1) is 0 Å². The number of rotatable bonds is 1. The van der Waals surface area contributed by atoms with Crippen molar-refractivity contribution in [3.05, 3.63) is 23.8 Å². The van der Waals surface area contributed by atoms with Crippen molar-refractivity contribution in [2.24, 2.45) is 0 Å². The highest BCUT2D eigenvalue weighted by atomic mass is 16.5.